The number of carbonyl (C=O) groups is 1. The lowest BCUT2D eigenvalue weighted by Crippen LogP contribution is -2.40. The van der Waals surface area contributed by atoms with E-state index in [4.69, 9.17) is 0 Å². The highest BCUT2D eigenvalue weighted by Gasteiger charge is 2.34. The van der Waals surface area contributed by atoms with Crippen LogP contribution in [-0.2, 0) is 11.3 Å². The molecular weight excluding hydrogens is 341 g/mol. The third kappa shape index (κ3) is 3.95. The van der Waals surface area contributed by atoms with Gasteiger partial charge in [0.1, 0.15) is 0 Å². The Balaban J connectivity index is 2.57. The monoisotopic (exact) mass is 361 g/mol. The van der Waals surface area contributed by atoms with Crippen molar-refractivity contribution in [1.29, 1.82) is 0 Å². The Hall–Kier alpha value is -0.620. The van der Waals surface area contributed by atoms with E-state index in [1.165, 1.54) is 9.13 Å². The number of aliphatic carboxylic acids is 1. The van der Waals surface area contributed by atoms with Crippen molar-refractivity contribution in [2.75, 3.05) is 6.54 Å². The van der Waals surface area contributed by atoms with Crippen LogP contribution in [0.4, 0.5) is 0 Å². The van der Waals surface area contributed by atoms with E-state index in [1.807, 2.05) is 26.0 Å². The van der Waals surface area contributed by atoms with Gasteiger partial charge in [-0.2, -0.15) is 0 Å². The van der Waals surface area contributed by atoms with E-state index in [9.17, 15) is 9.90 Å². The number of hydrogen-bond acceptors (Lipinski definition) is 2. The molecule has 0 aliphatic heterocycles. The van der Waals surface area contributed by atoms with Gasteiger partial charge in [0.05, 0.1) is 5.41 Å². The quantitative estimate of drug-likeness (QED) is 0.733. The molecule has 0 atom stereocenters. The van der Waals surface area contributed by atoms with Crippen LogP contribution in [0.1, 0.15) is 32.3 Å². The molecule has 2 N–H and O–H groups in total. The van der Waals surface area contributed by atoms with Crippen molar-refractivity contribution in [3.63, 3.8) is 0 Å². The van der Waals surface area contributed by atoms with Gasteiger partial charge in [-0.3, -0.25) is 4.79 Å². The SMILES string of the molecule is CCC(CC)(CNCc1cccc(I)c1)C(=O)O. The van der Waals surface area contributed by atoms with E-state index in [0.717, 1.165) is 0 Å². The number of nitrogens with one attached hydrogen (secondary N) is 1. The van der Waals surface area contributed by atoms with Crippen LogP contribution in [0, 0.1) is 8.99 Å². The van der Waals surface area contributed by atoms with E-state index in [0.29, 0.717) is 25.9 Å². The molecule has 1 aromatic carbocycles. The van der Waals surface area contributed by atoms with E-state index in [2.05, 4.69) is 40.0 Å². The molecule has 18 heavy (non-hydrogen) atoms. The summed E-state index contributed by atoms with van der Waals surface area (Å²) in [6.07, 6.45) is 1.30. The zero-order valence-corrected chi connectivity index (χ0v) is 13.0. The second-order valence-corrected chi connectivity index (χ2v) is 5.77. The molecule has 0 radical (unpaired) electrons. The molecular formula is C14H20INO2. The summed E-state index contributed by atoms with van der Waals surface area (Å²) in [5.74, 6) is -0.706. The summed E-state index contributed by atoms with van der Waals surface area (Å²) in [6, 6.07) is 8.22. The van der Waals surface area contributed by atoms with E-state index in [-0.39, 0.29) is 0 Å². The molecule has 0 amide bonds. The Kier molecular flexibility index (Phi) is 6.08. The van der Waals surface area contributed by atoms with Gasteiger partial charge in [0.15, 0.2) is 0 Å². The minimum Gasteiger partial charge on any atom is -0.481 e. The maximum absolute atomic E-state index is 11.3. The van der Waals surface area contributed by atoms with Gasteiger partial charge in [-0.15, -0.1) is 0 Å². The summed E-state index contributed by atoms with van der Waals surface area (Å²) in [4.78, 5) is 11.3. The minimum absolute atomic E-state index is 0.515. The molecule has 1 aromatic rings. The second-order valence-electron chi connectivity index (χ2n) is 4.53. The molecule has 4 heteroatoms. The molecule has 0 saturated heterocycles. The molecule has 0 bridgehead atoms. The number of benzene rings is 1. The van der Waals surface area contributed by atoms with Crippen LogP contribution in [0.5, 0.6) is 0 Å². The summed E-state index contributed by atoms with van der Waals surface area (Å²) in [5.41, 5.74) is 0.551. The van der Waals surface area contributed by atoms with Crippen LogP contribution < -0.4 is 5.32 Å². The smallest absolute Gasteiger partial charge is 0.310 e. The third-order valence-electron chi connectivity index (χ3n) is 3.49. The molecule has 0 spiro atoms. The van der Waals surface area contributed by atoms with Gasteiger partial charge in [0.25, 0.3) is 0 Å². The van der Waals surface area contributed by atoms with Crippen LogP contribution in [0.15, 0.2) is 24.3 Å². The zero-order valence-electron chi connectivity index (χ0n) is 10.9. The van der Waals surface area contributed by atoms with E-state index < -0.39 is 11.4 Å². The van der Waals surface area contributed by atoms with Gasteiger partial charge < -0.3 is 10.4 Å². The van der Waals surface area contributed by atoms with Crippen molar-refractivity contribution in [3.8, 4) is 0 Å². The molecule has 100 valence electrons. The number of rotatable bonds is 7. The molecule has 0 unspecified atom stereocenters. The molecule has 0 saturated carbocycles. The largest absolute Gasteiger partial charge is 0.481 e. The van der Waals surface area contributed by atoms with E-state index >= 15 is 0 Å². The summed E-state index contributed by atoms with van der Waals surface area (Å²) in [6.45, 7) is 5.10. The zero-order chi connectivity index (χ0) is 13.6. The average Bonchev–Trinajstić information content (AvgIpc) is 2.35. The summed E-state index contributed by atoms with van der Waals surface area (Å²) >= 11 is 2.28. The highest BCUT2D eigenvalue weighted by atomic mass is 127. The van der Waals surface area contributed by atoms with Gasteiger partial charge >= 0.3 is 5.97 Å². The predicted octanol–water partition coefficient (Wildman–Crippen LogP) is 3.27. The van der Waals surface area contributed by atoms with Gasteiger partial charge in [0, 0.05) is 16.7 Å². The molecule has 0 aliphatic carbocycles. The first-order chi connectivity index (χ1) is 8.54. The van der Waals surface area contributed by atoms with Crippen LogP contribution in [-0.4, -0.2) is 17.6 Å². The standard InChI is InChI=1S/C14H20INO2/c1-3-14(4-2,13(17)18)10-16-9-11-6-5-7-12(15)8-11/h5-8,16H,3-4,9-10H2,1-2H3,(H,17,18). The first-order valence-electron chi connectivity index (χ1n) is 6.22. The molecule has 0 heterocycles. The summed E-state index contributed by atoms with van der Waals surface area (Å²) in [5, 5.41) is 12.6. The Morgan fingerprint density at radius 1 is 1.39 bits per heavy atom. The fourth-order valence-corrected chi connectivity index (χ4v) is 2.58. The third-order valence-corrected chi connectivity index (χ3v) is 4.16. The first kappa shape index (κ1) is 15.4. The molecule has 1 rings (SSSR count). The van der Waals surface area contributed by atoms with Crippen molar-refractivity contribution >= 4 is 28.6 Å². The highest BCUT2D eigenvalue weighted by molar-refractivity contribution is 14.1. The van der Waals surface area contributed by atoms with Crippen molar-refractivity contribution < 1.29 is 9.90 Å². The predicted molar refractivity (Wildman–Crippen MR) is 81.5 cm³/mol. The number of carboxylic acid groups (broad SMARTS) is 1. The van der Waals surface area contributed by atoms with Crippen molar-refractivity contribution in [2.24, 2.45) is 5.41 Å². The fourth-order valence-electron chi connectivity index (χ4n) is 1.97. The Bertz CT molecular complexity index is 403. The lowest BCUT2D eigenvalue weighted by atomic mass is 9.82. The Morgan fingerprint density at radius 3 is 2.56 bits per heavy atom. The number of hydrogen-bond donors (Lipinski definition) is 2. The molecule has 0 aromatic heterocycles. The van der Waals surface area contributed by atoms with Crippen LogP contribution in [0.2, 0.25) is 0 Å². The first-order valence-corrected chi connectivity index (χ1v) is 7.30. The average molecular weight is 361 g/mol. The van der Waals surface area contributed by atoms with Crippen molar-refractivity contribution in [2.45, 2.75) is 33.2 Å². The van der Waals surface area contributed by atoms with Crippen LogP contribution in [0.3, 0.4) is 0 Å². The normalized spacial score (nSPS) is 11.5. The Labute approximate surface area is 122 Å². The maximum atomic E-state index is 11.3. The number of carboxylic acids is 1. The van der Waals surface area contributed by atoms with Crippen LogP contribution in [0.25, 0.3) is 0 Å². The number of halogens is 1. The topological polar surface area (TPSA) is 49.3 Å². The molecule has 0 fully saturated rings. The highest BCUT2D eigenvalue weighted by Crippen LogP contribution is 2.25. The lowest BCUT2D eigenvalue weighted by Gasteiger charge is -2.27. The van der Waals surface area contributed by atoms with Gasteiger partial charge in [-0.05, 0) is 53.1 Å². The molecule has 0 aliphatic rings. The molecule has 3 nitrogen and oxygen atoms in total. The van der Waals surface area contributed by atoms with Crippen LogP contribution >= 0.6 is 22.6 Å². The van der Waals surface area contributed by atoms with Gasteiger partial charge in [-0.25, -0.2) is 0 Å². The van der Waals surface area contributed by atoms with Gasteiger partial charge in [-0.1, -0.05) is 26.0 Å². The maximum Gasteiger partial charge on any atom is 0.310 e. The summed E-state index contributed by atoms with van der Waals surface area (Å²) < 4.78 is 1.20. The minimum atomic E-state index is -0.706. The summed E-state index contributed by atoms with van der Waals surface area (Å²) in [7, 11) is 0. The van der Waals surface area contributed by atoms with Gasteiger partial charge in [0.2, 0.25) is 0 Å². The second kappa shape index (κ2) is 7.09. The van der Waals surface area contributed by atoms with Crippen molar-refractivity contribution in [1.82, 2.24) is 5.32 Å². The lowest BCUT2D eigenvalue weighted by molar-refractivity contribution is -0.149. The Morgan fingerprint density at radius 2 is 2.06 bits per heavy atom. The fraction of sp³-hybridized carbons (Fsp3) is 0.500. The van der Waals surface area contributed by atoms with Crippen molar-refractivity contribution in [3.05, 3.63) is 33.4 Å². The van der Waals surface area contributed by atoms with E-state index in [1.54, 1.807) is 0 Å².